The number of hydrogen-bond donors (Lipinski definition) is 0. The monoisotopic (exact) mass is 417 g/mol. The number of carbonyl (C=O) groups is 3. The van der Waals surface area contributed by atoms with Gasteiger partial charge in [0.05, 0.1) is 28.6 Å². The van der Waals surface area contributed by atoms with Crippen molar-refractivity contribution in [2.75, 3.05) is 23.0 Å². The second-order valence-corrected chi connectivity index (χ2v) is 6.23. The maximum absolute atomic E-state index is 14.7. The summed E-state index contributed by atoms with van der Waals surface area (Å²) < 4.78 is 49.0. The molecule has 0 atom stereocenters. The number of carbonyl (C=O) groups excluding carboxylic acids is 3. The summed E-state index contributed by atoms with van der Waals surface area (Å²) in [5.41, 5.74) is -0.823. The van der Waals surface area contributed by atoms with E-state index >= 15 is 0 Å². The molecule has 2 aromatic carbocycles. The molecule has 11 heteroatoms. The van der Waals surface area contributed by atoms with Crippen LogP contribution in [0.1, 0.15) is 20.7 Å². The molecule has 0 saturated carbocycles. The molecule has 4 rings (SSSR count). The molecule has 2 aromatic rings. The minimum Gasteiger partial charge on any atom is -0.481 e. The third kappa shape index (κ3) is 2.98. The summed E-state index contributed by atoms with van der Waals surface area (Å²) >= 11 is 0. The molecule has 0 spiro atoms. The molecule has 0 unspecified atom stereocenters. The lowest BCUT2D eigenvalue weighted by Crippen LogP contribution is -2.39. The van der Waals surface area contributed by atoms with Crippen molar-refractivity contribution >= 4 is 29.1 Å². The third-order valence-corrected chi connectivity index (χ3v) is 4.52. The fourth-order valence-corrected chi connectivity index (χ4v) is 3.24. The van der Waals surface area contributed by atoms with Crippen LogP contribution in [0.2, 0.25) is 0 Å². The predicted molar refractivity (Wildman–Crippen MR) is 94.1 cm³/mol. The maximum atomic E-state index is 14.7. The number of rotatable bonds is 4. The van der Waals surface area contributed by atoms with Gasteiger partial charge in [-0.15, -0.1) is 0 Å². The second-order valence-electron chi connectivity index (χ2n) is 6.23. The number of benzene rings is 2. The van der Waals surface area contributed by atoms with E-state index in [1.807, 2.05) is 0 Å². The van der Waals surface area contributed by atoms with Gasteiger partial charge < -0.3 is 9.47 Å². The number of amides is 3. The van der Waals surface area contributed by atoms with Gasteiger partial charge in [-0.3, -0.25) is 19.3 Å². The molecule has 0 aliphatic carbocycles. The Morgan fingerprint density at radius 2 is 1.83 bits per heavy atom. The van der Waals surface area contributed by atoms with Crippen molar-refractivity contribution in [3.8, 4) is 17.6 Å². The average Bonchev–Trinajstić information content (AvgIpc) is 2.94. The van der Waals surface area contributed by atoms with Gasteiger partial charge in [-0.25, -0.2) is 9.29 Å². The Morgan fingerprint density at radius 3 is 2.53 bits per heavy atom. The van der Waals surface area contributed by atoms with Gasteiger partial charge >= 0.3 is 6.61 Å². The van der Waals surface area contributed by atoms with Crippen LogP contribution in [-0.2, 0) is 4.79 Å². The SMILES string of the molecule is N#CCN1C(=O)COc2cc(F)c(N3C(=O)c4ccc(OC(F)F)cc4C3=O)cc21. The van der Waals surface area contributed by atoms with Crippen molar-refractivity contribution in [2.24, 2.45) is 0 Å². The topological polar surface area (TPSA) is 99.9 Å². The smallest absolute Gasteiger partial charge is 0.387 e. The molecule has 8 nitrogen and oxygen atoms in total. The number of fused-ring (bicyclic) bond motifs is 2. The summed E-state index contributed by atoms with van der Waals surface area (Å²) in [6.45, 7) is -3.88. The van der Waals surface area contributed by atoms with E-state index in [0.717, 1.165) is 35.2 Å². The molecule has 2 aliphatic rings. The van der Waals surface area contributed by atoms with Crippen LogP contribution in [0.25, 0.3) is 0 Å². The zero-order valence-corrected chi connectivity index (χ0v) is 14.9. The highest BCUT2D eigenvalue weighted by molar-refractivity contribution is 6.34. The normalized spacial score (nSPS) is 15.1. The van der Waals surface area contributed by atoms with Crippen LogP contribution in [0, 0.1) is 17.1 Å². The molecule has 0 N–H and O–H groups in total. The summed E-state index contributed by atoms with van der Waals surface area (Å²) in [5, 5.41) is 8.95. The number of halogens is 3. The number of nitriles is 1. The average molecular weight is 417 g/mol. The molecule has 0 bridgehead atoms. The maximum Gasteiger partial charge on any atom is 0.387 e. The molecule has 30 heavy (non-hydrogen) atoms. The highest BCUT2D eigenvalue weighted by Crippen LogP contribution is 2.40. The van der Waals surface area contributed by atoms with Gasteiger partial charge in [0.1, 0.15) is 18.0 Å². The minimum atomic E-state index is -3.13. The van der Waals surface area contributed by atoms with Gasteiger partial charge in [-0.05, 0) is 24.3 Å². The van der Waals surface area contributed by atoms with Crippen LogP contribution in [0.5, 0.6) is 11.5 Å². The van der Waals surface area contributed by atoms with Crippen LogP contribution < -0.4 is 19.3 Å². The summed E-state index contributed by atoms with van der Waals surface area (Å²) in [6, 6.07) is 6.93. The lowest BCUT2D eigenvalue weighted by molar-refractivity contribution is -0.121. The van der Waals surface area contributed by atoms with E-state index in [1.54, 1.807) is 6.07 Å². The van der Waals surface area contributed by atoms with E-state index < -0.39 is 42.4 Å². The standard InChI is InChI=1S/C19H10F3N3O5/c20-12-6-15-14(24(4-3-23)16(26)8-29-15)7-13(12)25-17(27)10-2-1-9(30-19(21)22)5-11(10)18(25)28/h1-2,5-7,19H,4,8H2. The van der Waals surface area contributed by atoms with Gasteiger partial charge in [0.25, 0.3) is 17.7 Å². The lowest BCUT2D eigenvalue weighted by atomic mass is 10.1. The Bertz CT molecular complexity index is 1140. The highest BCUT2D eigenvalue weighted by Gasteiger charge is 2.40. The molecule has 0 saturated heterocycles. The molecule has 2 heterocycles. The van der Waals surface area contributed by atoms with E-state index in [2.05, 4.69) is 4.74 Å². The Balaban J connectivity index is 1.77. The molecule has 3 amide bonds. The highest BCUT2D eigenvalue weighted by atomic mass is 19.3. The van der Waals surface area contributed by atoms with Gasteiger partial charge in [0.2, 0.25) is 0 Å². The predicted octanol–water partition coefficient (Wildman–Crippen LogP) is 2.48. The van der Waals surface area contributed by atoms with Crippen LogP contribution in [0.4, 0.5) is 24.5 Å². The molecule has 2 aliphatic heterocycles. The number of anilines is 2. The molecule has 152 valence electrons. The van der Waals surface area contributed by atoms with Crippen molar-refractivity contribution in [3.63, 3.8) is 0 Å². The molecule has 0 aromatic heterocycles. The Kier molecular flexibility index (Phi) is 4.54. The van der Waals surface area contributed by atoms with Gasteiger partial charge in [0, 0.05) is 6.07 Å². The van der Waals surface area contributed by atoms with Crippen molar-refractivity contribution in [1.29, 1.82) is 5.26 Å². The first-order chi connectivity index (χ1) is 14.3. The first-order valence-electron chi connectivity index (χ1n) is 8.43. The number of nitrogens with zero attached hydrogens (tertiary/aromatic N) is 3. The zero-order chi connectivity index (χ0) is 21.6. The van der Waals surface area contributed by atoms with Crippen molar-refractivity contribution < 1.29 is 37.0 Å². The van der Waals surface area contributed by atoms with Gasteiger partial charge in [-0.1, -0.05) is 0 Å². The summed E-state index contributed by atoms with van der Waals surface area (Å²) in [7, 11) is 0. The van der Waals surface area contributed by atoms with E-state index in [9.17, 15) is 27.6 Å². The van der Waals surface area contributed by atoms with Crippen molar-refractivity contribution in [3.05, 3.63) is 47.3 Å². The van der Waals surface area contributed by atoms with Gasteiger partial charge in [0.15, 0.2) is 12.4 Å². The van der Waals surface area contributed by atoms with Crippen LogP contribution in [-0.4, -0.2) is 37.5 Å². The van der Waals surface area contributed by atoms with Crippen LogP contribution in [0.15, 0.2) is 30.3 Å². The second kappa shape index (κ2) is 7.07. The van der Waals surface area contributed by atoms with Crippen LogP contribution in [0.3, 0.4) is 0 Å². The number of ether oxygens (including phenoxy) is 2. The van der Waals surface area contributed by atoms with Crippen LogP contribution >= 0.6 is 0 Å². The fraction of sp³-hybridized carbons (Fsp3) is 0.158. The van der Waals surface area contributed by atoms with E-state index in [4.69, 9.17) is 10.00 Å². The van der Waals surface area contributed by atoms with E-state index in [-0.39, 0.29) is 34.9 Å². The van der Waals surface area contributed by atoms with E-state index in [0.29, 0.717) is 4.90 Å². The molecular weight excluding hydrogens is 407 g/mol. The minimum absolute atomic E-state index is 0.0162. The number of imide groups is 1. The summed E-state index contributed by atoms with van der Waals surface area (Å²) in [5.74, 6) is -3.75. The summed E-state index contributed by atoms with van der Waals surface area (Å²) in [4.78, 5) is 39.1. The Morgan fingerprint density at radius 1 is 1.10 bits per heavy atom. The quantitative estimate of drug-likeness (QED) is 0.560. The van der Waals surface area contributed by atoms with Crippen molar-refractivity contribution in [1.82, 2.24) is 0 Å². The zero-order valence-electron chi connectivity index (χ0n) is 14.9. The molecule has 0 fully saturated rings. The fourth-order valence-electron chi connectivity index (χ4n) is 3.24. The van der Waals surface area contributed by atoms with E-state index in [1.165, 1.54) is 0 Å². The lowest BCUT2D eigenvalue weighted by Gasteiger charge is -2.28. The number of hydrogen-bond acceptors (Lipinski definition) is 6. The first-order valence-corrected chi connectivity index (χ1v) is 8.43. The third-order valence-electron chi connectivity index (χ3n) is 4.52. The summed E-state index contributed by atoms with van der Waals surface area (Å²) in [6.07, 6.45) is 0. The number of alkyl halides is 2. The largest absolute Gasteiger partial charge is 0.481 e. The first kappa shape index (κ1) is 19.3. The Labute approximate surface area is 166 Å². The van der Waals surface area contributed by atoms with Crippen molar-refractivity contribution in [2.45, 2.75) is 6.61 Å². The molecular formula is C19H10F3N3O5. The molecule has 0 radical (unpaired) electrons. The Hall–Kier alpha value is -4.07. The van der Waals surface area contributed by atoms with Gasteiger partial charge in [-0.2, -0.15) is 14.0 Å².